The van der Waals surface area contributed by atoms with Crippen LogP contribution in [-0.2, 0) is 0 Å². The van der Waals surface area contributed by atoms with Gasteiger partial charge in [-0.2, -0.15) is 0 Å². The normalized spacial score (nSPS) is 18.6. The summed E-state index contributed by atoms with van der Waals surface area (Å²) < 4.78 is 7.14. The number of ether oxygens (including phenoxy) is 1. The zero-order valence-electron chi connectivity index (χ0n) is 17.7. The zero-order valence-corrected chi connectivity index (χ0v) is 18.5. The Hall–Kier alpha value is -3.23. The molecule has 0 saturated heterocycles. The van der Waals surface area contributed by atoms with Gasteiger partial charge in [0.2, 0.25) is 11.8 Å². The molecule has 8 nitrogen and oxygen atoms in total. The van der Waals surface area contributed by atoms with Crippen molar-refractivity contribution in [2.75, 3.05) is 12.4 Å². The standard InChI is InChI=1S/C23H24ClN7O/c1-32-21-9-3-14(10-27-21)15-2-8-20-26-12-19(31(20)13-15)22-18(24)11-28-23(30-22)29-17-6-4-16(25)5-7-17/h2-3,8-13,16-17H,4-7,25H2,1H3,(H,28,29,30). The van der Waals surface area contributed by atoms with Crippen LogP contribution in [0.1, 0.15) is 25.7 Å². The highest BCUT2D eigenvalue weighted by Gasteiger charge is 2.20. The second-order valence-electron chi connectivity index (χ2n) is 8.02. The van der Waals surface area contributed by atoms with Gasteiger partial charge in [-0.25, -0.2) is 19.9 Å². The van der Waals surface area contributed by atoms with Gasteiger partial charge in [-0.15, -0.1) is 0 Å². The van der Waals surface area contributed by atoms with E-state index in [1.807, 2.05) is 34.9 Å². The molecule has 4 heterocycles. The summed E-state index contributed by atoms with van der Waals surface area (Å²) in [6, 6.07) is 8.40. The zero-order chi connectivity index (χ0) is 22.1. The molecule has 0 bridgehead atoms. The Morgan fingerprint density at radius 2 is 1.81 bits per heavy atom. The summed E-state index contributed by atoms with van der Waals surface area (Å²) in [6.45, 7) is 0. The van der Waals surface area contributed by atoms with Gasteiger partial charge in [0.25, 0.3) is 0 Å². The lowest BCUT2D eigenvalue weighted by Crippen LogP contribution is -2.33. The van der Waals surface area contributed by atoms with Gasteiger partial charge in [0.05, 0.1) is 30.2 Å². The molecule has 9 heteroatoms. The van der Waals surface area contributed by atoms with Gasteiger partial charge >= 0.3 is 0 Å². The van der Waals surface area contributed by atoms with E-state index in [2.05, 4.69) is 20.3 Å². The van der Waals surface area contributed by atoms with Crippen molar-refractivity contribution in [1.82, 2.24) is 24.3 Å². The van der Waals surface area contributed by atoms with E-state index in [-0.39, 0.29) is 0 Å². The van der Waals surface area contributed by atoms with Crippen molar-refractivity contribution in [2.24, 2.45) is 5.73 Å². The Labute approximate surface area is 190 Å². The fourth-order valence-corrected chi connectivity index (χ4v) is 4.25. The van der Waals surface area contributed by atoms with E-state index >= 15 is 0 Å². The van der Waals surface area contributed by atoms with Crippen LogP contribution in [0.3, 0.4) is 0 Å². The van der Waals surface area contributed by atoms with Crippen LogP contribution in [0, 0.1) is 0 Å². The largest absolute Gasteiger partial charge is 0.481 e. The molecule has 1 saturated carbocycles. The average molecular weight is 450 g/mol. The van der Waals surface area contributed by atoms with Crippen LogP contribution < -0.4 is 15.8 Å². The van der Waals surface area contributed by atoms with Crippen LogP contribution >= 0.6 is 11.6 Å². The van der Waals surface area contributed by atoms with Crippen molar-refractivity contribution in [3.63, 3.8) is 0 Å². The van der Waals surface area contributed by atoms with Gasteiger partial charge in [-0.1, -0.05) is 11.6 Å². The fraction of sp³-hybridized carbons (Fsp3) is 0.304. The smallest absolute Gasteiger partial charge is 0.223 e. The lowest BCUT2D eigenvalue weighted by molar-refractivity contribution is 0.398. The molecule has 0 radical (unpaired) electrons. The number of fused-ring (bicyclic) bond motifs is 1. The summed E-state index contributed by atoms with van der Waals surface area (Å²) in [5.41, 5.74) is 10.2. The van der Waals surface area contributed by atoms with Gasteiger partial charge in [0.15, 0.2) is 0 Å². The second kappa shape index (κ2) is 8.72. The van der Waals surface area contributed by atoms with Crippen molar-refractivity contribution >= 4 is 23.2 Å². The van der Waals surface area contributed by atoms with Gasteiger partial charge < -0.3 is 15.8 Å². The van der Waals surface area contributed by atoms with Crippen LogP contribution in [0.5, 0.6) is 5.88 Å². The number of halogens is 1. The number of hydrogen-bond acceptors (Lipinski definition) is 7. The van der Waals surface area contributed by atoms with Crippen LogP contribution in [0.2, 0.25) is 5.02 Å². The van der Waals surface area contributed by atoms with E-state index in [4.69, 9.17) is 27.1 Å². The number of aromatic nitrogens is 5. The van der Waals surface area contributed by atoms with Gasteiger partial charge in [-0.05, 0) is 43.9 Å². The maximum absolute atomic E-state index is 6.51. The van der Waals surface area contributed by atoms with Crippen LogP contribution in [0.4, 0.5) is 5.95 Å². The minimum atomic E-state index is 0.294. The Morgan fingerprint density at radius 1 is 1.00 bits per heavy atom. The van der Waals surface area contributed by atoms with E-state index in [1.54, 1.807) is 25.7 Å². The van der Waals surface area contributed by atoms with Crippen LogP contribution in [-0.4, -0.2) is 43.5 Å². The fourth-order valence-electron chi connectivity index (χ4n) is 4.06. The van der Waals surface area contributed by atoms with E-state index in [9.17, 15) is 0 Å². The maximum atomic E-state index is 6.51. The number of nitrogens with two attached hydrogens (primary N) is 1. The predicted octanol–water partition coefficient (Wildman–Crippen LogP) is 4.20. The molecule has 0 atom stereocenters. The highest BCUT2D eigenvalue weighted by Crippen LogP contribution is 2.30. The molecule has 1 aliphatic rings. The molecule has 0 amide bonds. The third-order valence-corrected chi connectivity index (χ3v) is 6.15. The number of nitrogens with one attached hydrogen (secondary N) is 1. The first-order chi connectivity index (χ1) is 15.6. The molecule has 1 aliphatic carbocycles. The third kappa shape index (κ3) is 4.11. The topological polar surface area (TPSA) is 103 Å². The summed E-state index contributed by atoms with van der Waals surface area (Å²) in [7, 11) is 1.60. The molecule has 1 fully saturated rings. The number of hydrogen-bond donors (Lipinski definition) is 2. The lowest BCUT2D eigenvalue weighted by Gasteiger charge is -2.26. The SMILES string of the molecule is COc1ccc(-c2ccc3ncc(-c4nc(NC5CCC(N)CC5)ncc4Cl)n3c2)cn1. The quantitative estimate of drug-likeness (QED) is 0.470. The average Bonchev–Trinajstić information content (AvgIpc) is 3.25. The molecule has 5 rings (SSSR count). The van der Waals surface area contributed by atoms with E-state index in [1.165, 1.54) is 0 Å². The molecule has 0 aliphatic heterocycles. The summed E-state index contributed by atoms with van der Waals surface area (Å²) in [5.74, 6) is 1.14. The monoisotopic (exact) mass is 449 g/mol. The van der Waals surface area contributed by atoms with Crippen molar-refractivity contribution in [1.29, 1.82) is 0 Å². The van der Waals surface area contributed by atoms with Crippen LogP contribution in [0.25, 0.3) is 28.2 Å². The molecular formula is C23H24ClN7O. The Balaban J connectivity index is 1.48. The molecule has 4 aromatic rings. The van der Waals surface area contributed by atoms with E-state index < -0.39 is 0 Å². The Kier molecular flexibility index (Phi) is 5.63. The predicted molar refractivity (Wildman–Crippen MR) is 125 cm³/mol. The third-order valence-electron chi connectivity index (χ3n) is 5.88. The molecular weight excluding hydrogens is 426 g/mol. The molecule has 0 spiro atoms. The van der Waals surface area contributed by atoms with Crippen LogP contribution in [0.15, 0.2) is 49.1 Å². The second-order valence-corrected chi connectivity index (χ2v) is 8.43. The van der Waals surface area contributed by atoms with E-state index in [0.29, 0.717) is 34.6 Å². The first kappa shape index (κ1) is 20.7. The molecule has 4 aromatic heterocycles. The first-order valence-electron chi connectivity index (χ1n) is 10.6. The Morgan fingerprint density at radius 3 is 2.56 bits per heavy atom. The lowest BCUT2D eigenvalue weighted by atomic mass is 9.92. The summed E-state index contributed by atoms with van der Waals surface area (Å²) in [4.78, 5) is 17.9. The highest BCUT2D eigenvalue weighted by atomic mass is 35.5. The molecule has 0 aromatic carbocycles. The minimum Gasteiger partial charge on any atom is -0.481 e. The minimum absolute atomic E-state index is 0.294. The number of nitrogens with zero attached hydrogens (tertiary/aromatic N) is 5. The molecule has 0 unspecified atom stereocenters. The summed E-state index contributed by atoms with van der Waals surface area (Å²) in [6.07, 6.45) is 11.2. The van der Waals surface area contributed by atoms with E-state index in [0.717, 1.165) is 48.2 Å². The number of methoxy groups -OCH3 is 1. The molecule has 164 valence electrons. The van der Waals surface area contributed by atoms with Gasteiger partial charge in [-0.3, -0.25) is 4.40 Å². The Bertz CT molecular complexity index is 1230. The first-order valence-corrected chi connectivity index (χ1v) is 11.0. The maximum Gasteiger partial charge on any atom is 0.223 e. The van der Waals surface area contributed by atoms with Crippen molar-refractivity contribution in [3.8, 4) is 28.4 Å². The molecule has 3 N–H and O–H groups in total. The van der Waals surface area contributed by atoms with Crippen molar-refractivity contribution in [3.05, 3.63) is 54.1 Å². The summed E-state index contributed by atoms with van der Waals surface area (Å²) in [5, 5.41) is 3.91. The van der Waals surface area contributed by atoms with Crippen molar-refractivity contribution in [2.45, 2.75) is 37.8 Å². The van der Waals surface area contributed by atoms with Gasteiger partial charge in [0.1, 0.15) is 11.3 Å². The number of pyridine rings is 2. The van der Waals surface area contributed by atoms with Gasteiger partial charge in [0, 0.05) is 41.7 Å². The number of imidazole rings is 1. The molecule has 32 heavy (non-hydrogen) atoms. The number of rotatable bonds is 5. The number of anilines is 1. The van der Waals surface area contributed by atoms with Crippen molar-refractivity contribution < 1.29 is 4.74 Å². The summed E-state index contributed by atoms with van der Waals surface area (Å²) >= 11 is 6.51. The highest BCUT2D eigenvalue weighted by molar-refractivity contribution is 6.32.